The Morgan fingerprint density at radius 1 is 0.882 bits per heavy atom. The van der Waals surface area contributed by atoms with Crippen molar-refractivity contribution < 1.29 is 9.47 Å². The number of hydrogen-bond acceptors (Lipinski definition) is 4. The number of benzene rings is 3. The molecule has 2 aromatic heterocycles. The predicted octanol–water partition coefficient (Wildman–Crippen LogP) is 4.97. The summed E-state index contributed by atoms with van der Waals surface area (Å²) in [6, 6.07) is 22.3. The minimum Gasteiger partial charge on any atom is -0.493 e. The fourth-order valence-electron chi connectivity index (χ4n) is 4.43. The van der Waals surface area contributed by atoms with Crippen molar-refractivity contribution in [3.63, 3.8) is 0 Å². The quantitative estimate of drug-likeness (QED) is 0.349. The normalized spacial score (nSPS) is 11.3. The Hall–Kier alpha value is -4.06. The smallest absolute Gasteiger partial charge is 0.277 e. The second kappa shape index (κ2) is 9.06. The van der Waals surface area contributed by atoms with Crippen molar-refractivity contribution in [2.45, 2.75) is 26.4 Å². The molecule has 5 aromatic rings. The Morgan fingerprint density at radius 2 is 1.62 bits per heavy atom. The van der Waals surface area contributed by atoms with Gasteiger partial charge in [-0.15, -0.1) is 0 Å². The Labute approximate surface area is 198 Å². The van der Waals surface area contributed by atoms with Crippen molar-refractivity contribution in [3.05, 3.63) is 100 Å². The summed E-state index contributed by atoms with van der Waals surface area (Å²) in [6.07, 6.45) is 2.33. The Kier molecular flexibility index (Phi) is 5.80. The van der Waals surface area contributed by atoms with Gasteiger partial charge in [0.05, 0.1) is 26.1 Å². The van der Waals surface area contributed by atoms with Crippen LogP contribution in [0.1, 0.15) is 16.7 Å². The summed E-state index contributed by atoms with van der Waals surface area (Å²) in [5, 5.41) is 0.994. The van der Waals surface area contributed by atoms with Gasteiger partial charge in [-0.2, -0.15) is 0 Å². The number of methoxy groups -OCH3 is 2. The summed E-state index contributed by atoms with van der Waals surface area (Å²) in [6.45, 7) is 3.20. The molecule has 0 aliphatic heterocycles. The maximum atomic E-state index is 13.7. The van der Waals surface area contributed by atoms with Gasteiger partial charge in [0.15, 0.2) is 11.5 Å². The van der Waals surface area contributed by atoms with Crippen molar-refractivity contribution in [1.82, 2.24) is 14.1 Å². The van der Waals surface area contributed by atoms with Crippen molar-refractivity contribution in [2.24, 2.45) is 0 Å². The van der Waals surface area contributed by atoms with Gasteiger partial charge in [0.1, 0.15) is 11.0 Å². The molecule has 0 bridgehead atoms. The largest absolute Gasteiger partial charge is 0.493 e. The van der Waals surface area contributed by atoms with Crippen LogP contribution in [-0.2, 0) is 19.5 Å². The number of nitrogens with zero attached hydrogens (tertiary/aromatic N) is 3. The zero-order valence-electron chi connectivity index (χ0n) is 19.6. The fourth-order valence-corrected chi connectivity index (χ4v) is 4.43. The molecule has 0 atom stereocenters. The van der Waals surface area contributed by atoms with Gasteiger partial charge in [0, 0.05) is 18.5 Å². The van der Waals surface area contributed by atoms with Gasteiger partial charge >= 0.3 is 0 Å². The molecule has 0 N–H and O–H groups in total. The van der Waals surface area contributed by atoms with Crippen LogP contribution >= 0.6 is 0 Å². The van der Waals surface area contributed by atoms with E-state index in [4.69, 9.17) is 14.5 Å². The Bertz CT molecular complexity index is 1530. The van der Waals surface area contributed by atoms with Gasteiger partial charge in [0.25, 0.3) is 5.56 Å². The van der Waals surface area contributed by atoms with E-state index in [1.807, 2.05) is 36.4 Å². The summed E-state index contributed by atoms with van der Waals surface area (Å²) in [4.78, 5) is 18.4. The van der Waals surface area contributed by atoms with Crippen LogP contribution in [0.15, 0.2) is 77.9 Å². The maximum absolute atomic E-state index is 13.7. The highest BCUT2D eigenvalue weighted by molar-refractivity contribution is 6.05. The van der Waals surface area contributed by atoms with Crippen LogP contribution in [0.3, 0.4) is 0 Å². The van der Waals surface area contributed by atoms with E-state index in [2.05, 4.69) is 41.8 Å². The first-order chi connectivity index (χ1) is 16.6. The highest BCUT2D eigenvalue weighted by atomic mass is 16.5. The van der Waals surface area contributed by atoms with Crippen molar-refractivity contribution in [3.8, 4) is 11.5 Å². The van der Waals surface area contributed by atoms with Crippen molar-refractivity contribution >= 4 is 21.9 Å². The van der Waals surface area contributed by atoms with E-state index in [9.17, 15) is 4.79 Å². The first-order valence-corrected chi connectivity index (χ1v) is 11.3. The highest BCUT2D eigenvalue weighted by Crippen LogP contribution is 2.28. The summed E-state index contributed by atoms with van der Waals surface area (Å²) in [5.74, 6) is 1.37. The summed E-state index contributed by atoms with van der Waals surface area (Å²) < 4.78 is 14.5. The summed E-state index contributed by atoms with van der Waals surface area (Å²) in [5.41, 5.74) is 5.78. The van der Waals surface area contributed by atoms with Crippen LogP contribution in [0.5, 0.6) is 11.5 Å². The van der Waals surface area contributed by atoms with Gasteiger partial charge < -0.3 is 14.0 Å². The number of rotatable bonds is 7. The molecule has 172 valence electrons. The van der Waals surface area contributed by atoms with E-state index in [1.54, 1.807) is 25.1 Å². The molecule has 6 nitrogen and oxygen atoms in total. The fraction of sp³-hybridized carbons (Fsp3) is 0.214. The zero-order valence-corrected chi connectivity index (χ0v) is 19.6. The predicted molar refractivity (Wildman–Crippen MR) is 135 cm³/mol. The lowest BCUT2D eigenvalue weighted by Crippen LogP contribution is -2.23. The van der Waals surface area contributed by atoms with E-state index in [1.165, 1.54) is 5.56 Å². The summed E-state index contributed by atoms with van der Waals surface area (Å²) >= 11 is 0. The third-order valence-electron chi connectivity index (χ3n) is 6.28. The molecule has 0 radical (unpaired) electrons. The molecule has 0 aliphatic rings. The van der Waals surface area contributed by atoms with Crippen molar-refractivity contribution in [1.29, 1.82) is 0 Å². The molecule has 0 amide bonds. The average Bonchev–Trinajstić information content (AvgIpc) is 3.19. The van der Waals surface area contributed by atoms with Crippen LogP contribution in [0.25, 0.3) is 21.9 Å². The molecule has 0 unspecified atom stereocenters. The minimum atomic E-state index is -0.0335. The lowest BCUT2D eigenvalue weighted by atomic mass is 10.1. The Morgan fingerprint density at radius 3 is 2.38 bits per heavy atom. The molecule has 0 saturated carbocycles. The molecule has 6 heteroatoms. The number of fused-ring (bicyclic) bond motifs is 3. The van der Waals surface area contributed by atoms with Crippen LogP contribution in [0, 0.1) is 6.92 Å². The maximum Gasteiger partial charge on any atom is 0.277 e. The third-order valence-corrected chi connectivity index (χ3v) is 6.28. The van der Waals surface area contributed by atoms with Gasteiger partial charge in [-0.25, -0.2) is 4.98 Å². The zero-order chi connectivity index (χ0) is 23.7. The van der Waals surface area contributed by atoms with Crippen LogP contribution in [0.2, 0.25) is 0 Å². The number of aryl methyl sites for hydroxylation is 3. The standard InChI is InChI=1S/C28H27N3O3/c1-19-8-10-21(11-9-19)17-31-23-7-5-4-6-22(23)26-27(31)28(32)30(18-29-26)15-14-20-12-13-24(33-2)25(16-20)34-3/h4-13,16,18H,14-15,17H2,1-3H3. The molecule has 0 saturated heterocycles. The average molecular weight is 454 g/mol. The molecule has 5 rings (SSSR count). The van der Waals surface area contributed by atoms with Gasteiger partial charge in [-0.05, 0) is 42.7 Å². The lowest BCUT2D eigenvalue weighted by molar-refractivity contribution is 0.354. The molecular weight excluding hydrogens is 426 g/mol. The number of hydrogen-bond donors (Lipinski definition) is 0. The van der Waals surface area contributed by atoms with Gasteiger partial charge in [-0.3, -0.25) is 9.36 Å². The van der Waals surface area contributed by atoms with Gasteiger partial charge in [-0.1, -0.05) is 54.1 Å². The third kappa shape index (κ3) is 3.92. The monoisotopic (exact) mass is 453 g/mol. The molecule has 34 heavy (non-hydrogen) atoms. The van der Waals surface area contributed by atoms with Gasteiger partial charge in [0.2, 0.25) is 0 Å². The minimum absolute atomic E-state index is 0.0335. The SMILES string of the molecule is COc1ccc(CCn2cnc3c4ccccc4n(Cc4ccc(C)cc4)c3c2=O)cc1OC. The molecule has 0 spiro atoms. The van der Waals surface area contributed by atoms with E-state index in [0.717, 1.165) is 27.5 Å². The molecule has 2 heterocycles. The topological polar surface area (TPSA) is 58.3 Å². The van der Waals surface area contributed by atoms with Crippen LogP contribution < -0.4 is 15.0 Å². The number of ether oxygens (including phenoxy) is 2. The van der Waals surface area contributed by atoms with Crippen LogP contribution in [-0.4, -0.2) is 28.3 Å². The van der Waals surface area contributed by atoms with E-state index in [0.29, 0.717) is 36.5 Å². The van der Waals surface area contributed by atoms with E-state index in [-0.39, 0.29) is 5.56 Å². The van der Waals surface area contributed by atoms with Crippen molar-refractivity contribution in [2.75, 3.05) is 14.2 Å². The Balaban J connectivity index is 1.55. The van der Waals surface area contributed by atoms with Crippen LogP contribution in [0.4, 0.5) is 0 Å². The second-order valence-corrected chi connectivity index (χ2v) is 8.47. The lowest BCUT2D eigenvalue weighted by Gasteiger charge is -2.11. The second-order valence-electron chi connectivity index (χ2n) is 8.47. The molecule has 0 fully saturated rings. The number of para-hydroxylation sites is 1. The molecular formula is C28H27N3O3. The highest BCUT2D eigenvalue weighted by Gasteiger charge is 2.16. The summed E-state index contributed by atoms with van der Waals surface area (Å²) in [7, 11) is 3.24. The number of aromatic nitrogens is 3. The molecule has 3 aromatic carbocycles. The molecule has 0 aliphatic carbocycles. The van der Waals surface area contributed by atoms with E-state index >= 15 is 0 Å². The first-order valence-electron chi connectivity index (χ1n) is 11.3. The first kappa shape index (κ1) is 21.8. The van der Waals surface area contributed by atoms with E-state index < -0.39 is 0 Å².